The van der Waals surface area contributed by atoms with E-state index in [0.717, 1.165) is 6.42 Å². The first-order chi connectivity index (χ1) is 6.86. The summed E-state index contributed by atoms with van der Waals surface area (Å²) in [5, 5.41) is 3.06. The van der Waals surface area contributed by atoms with Crippen molar-refractivity contribution in [1.29, 1.82) is 0 Å². The second kappa shape index (κ2) is 3.19. The smallest absolute Gasteiger partial charge is 0.230 e. The quantitative estimate of drug-likeness (QED) is 0.690. The van der Waals surface area contributed by atoms with E-state index in [1.165, 1.54) is 0 Å². The molecule has 4 nitrogen and oxygen atoms in total. The maximum atomic E-state index is 12.0. The predicted molar refractivity (Wildman–Crippen MR) is 57.2 cm³/mol. The Morgan fingerprint density at radius 3 is 2.47 bits per heavy atom. The maximum absolute atomic E-state index is 12.0. The number of hydrogen-bond acceptors (Lipinski definition) is 3. The standard InChI is InChI=1S/C11H20N2O2/c1-10(2)4-8(10)13-9(14)11(3)6-15-5-7(11)12/h7-8H,4-6,12H2,1-3H3,(H,13,14). The van der Waals surface area contributed by atoms with Crippen LogP contribution in [0.15, 0.2) is 0 Å². The zero-order valence-corrected chi connectivity index (χ0v) is 9.67. The molecule has 3 unspecified atom stereocenters. The number of carbonyl (C=O) groups is 1. The lowest BCUT2D eigenvalue weighted by molar-refractivity contribution is -0.131. The fraction of sp³-hybridized carbons (Fsp3) is 0.909. The highest BCUT2D eigenvalue weighted by Gasteiger charge is 2.51. The number of nitrogens with two attached hydrogens (primary N) is 1. The van der Waals surface area contributed by atoms with E-state index < -0.39 is 5.41 Å². The Bertz CT molecular complexity index is 290. The molecule has 1 amide bonds. The second-order valence-electron chi connectivity index (χ2n) is 5.76. The van der Waals surface area contributed by atoms with Gasteiger partial charge in [-0.1, -0.05) is 13.8 Å². The van der Waals surface area contributed by atoms with Crippen LogP contribution in [0, 0.1) is 10.8 Å². The fourth-order valence-electron chi connectivity index (χ4n) is 1.96. The van der Waals surface area contributed by atoms with Gasteiger partial charge in [0.05, 0.1) is 18.6 Å². The number of amides is 1. The first-order valence-electron chi connectivity index (χ1n) is 5.50. The molecule has 2 rings (SSSR count). The van der Waals surface area contributed by atoms with Gasteiger partial charge in [-0.15, -0.1) is 0 Å². The van der Waals surface area contributed by atoms with Gasteiger partial charge >= 0.3 is 0 Å². The van der Waals surface area contributed by atoms with E-state index in [0.29, 0.717) is 19.3 Å². The van der Waals surface area contributed by atoms with E-state index in [2.05, 4.69) is 19.2 Å². The number of hydrogen-bond donors (Lipinski definition) is 2. The van der Waals surface area contributed by atoms with Crippen molar-refractivity contribution in [2.45, 2.75) is 39.3 Å². The molecule has 86 valence electrons. The van der Waals surface area contributed by atoms with Crippen LogP contribution in [0.25, 0.3) is 0 Å². The maximum Gasteiger partial charge on any atom is 0.230 e. The topological polar surface area (TPSA) is 64.3 Å². The summed E-state index contributed by atoms with van der Waals surface area (Å²) >= 11 is 0. The summed E-state index contributed by atoms with van der Waals surface area (Å²) < 4.78 is 5.26. The Hall–Kier alpha value is -0.610. The van der Waals surface area contributed by atoms with Crippen LogP contribution in [0.5, 0.6) is 0 Å². The van der Waals surface area contributed by atoms with Crippen LogP contribution in [0.3, 0.4) is 0 Å². The molecule has 0 bridgehead atoms. The highest BCUT2D eigenvalue weighted by atomic mass is 16.5. The van der Waals surface area contributed by atoms with Gasteiger partial charge in [-0.05, 0) is 18.8 Å². The van der Waals surface area contributed by atoms with E-state index in [9.17, 15) is 4.79 Å². The second-order valence-corrected chi connectivity index (χ2v) is 5.76. The Morgan fingerprint density at radius 2 is 2.07 bits per heavy atom. The number of ether oxygens (including phenoxy) is 1. The summed E-state index contributed by atoms with van der Waals surface area (Å²) in [5.41, 5.74) is 5.61. The van der Waals surface area contributed by atoms with Crippen LogP contribution in [0.2, 0.25) is 0 Å². The van der Waals surface area contributed by atoms with Crippen molar-refractivity contribution in [3.63, 3.8) is 0 Å². The Morgan fingerprint density at radius 1 is 1.47 bits per heavy atom. The van der Waals surface area contributed by atoms with Crippen molar-refractivity contribution in [1.82, 2.24) is 5.32 Å². The summed E-state index contributed by atoms with van der Waals surface area (Å²) in [6.07, 6.45) is 1.06. The third-order valence-corrected chi connectivity index (χ3v) is 3.86. The predicted octanol–water partition coefficient (Wildman–Crippen LogP) is 0.265. The van der Waals surface area contributed by atoms with Crippen LogP contribution in [-0.2, 0) is 9.53 Å². The summed E-state index contributed by atoms with van der Waals surface area (Å²) in [7, 11) is 0. The van der Waals surface area contributed by atoms with Crippen molar-refractivity contribution in [2.75, 3.05) is 13.2 Å². The zero-order chi connectivity index (χ0) is 11.3. The molecule has 1 aliphatic heterocycles. The molecule has 0 aromatic heterocycles. The largest absolute Gasteiger partial charge is 0.379 e. The van der Waals surface area contributed by atoms with Gasteiger partial charge in [0.2, 0.25) is 5.91 Å². The van der Waals surface area contributed by atoms with E-state index >= 15 is 0 Å². The molecule has 2 aliphatic rings. The molecular weight excluding hydrogens is 192 g/mol. The molecule has 0 aromatic rings. The third-order valence-electron chi connectivity index (χ3n) is 3.86. The molecule has 1 saturated heterocycles. The normalized spacial score (nSPS) is 42.7. The van der Waals surface area contributed by atoms with Gasteiger partial charge < -0.3 is 15.8 Å². The van der Waals surface area contributed by atoms with Crippen LogP contribution < -0.4 is 11.1 Å². The third kappa shape index (κ3) is 1.76. The van der Waals surface area contributed by atoms with Crippen molar-refractivity contribution in [3.8, 4) is 0 Å². The van der Waals surface area contributed by atoms with Crippen molar-refractivity contribution in [2.24, 2.45) is 16.6 Å². The van der Waals surface area contributed by atoms with Gasteiger partial charge in [-0.3, -0.25) is 4.79 Å². The summed E-state index contributed by atoms with van der Waals surface area (Å²) in [5.74, 6) is 0.0445. The van der Waals surface area contributed by atoms with Gasteiger partial charge in [0, 0.05) is 12.1 Å². The van der Waals surface area contributed by atoms with Crippen molar-refractivity contribution in [3.05, 3.63) is 0 Å². The summed E-state index contributed by atoms with van der Waals surface area (Å²) in [6, 6.07) is 0.133. The molecule has 2 fully saturated rings. The minimum Gasteiger partial charge on any atom is -0.379 e. The van der Waals surface area contributed by atoms with Crippen LogP contribution in [0.4, 0.5) is 0 Å². The van der Waals surface area contributed by atoms with E-state index in [-0.39, 0.29) is 17.4 Å². The molecule has 0 radical (unpaired) electrons. The van der Waals surface area contributed by atoms with Gasteiger partial charge in [0.25, 0.3) is 0 Å². The Kier molecular flexibility index (Phi) is 2.32. The lowest BCUT2D eigenvalue weighted by atomic mass is 9.85. The molecule has 4 heteroatoms. The highest BCUT2D eigenvalue weighted by Crippen LogP contribution is 2.45. The van der Waals surface area contributed by atoms with Crippen molar-refractivity contribution < 1.29 is 9.53 Å². The minimum absolute atomic E-state index is 0.0445. The molecule has 3 atom stereocenters. The highest BCUT2D eigenvalue weighted by molar-refractivity contribution is 5.84. The SMILES string of the molecule is CC1(C)CC1NC(=O)C1(C)COCC1N. The molecular formula is C11H20N2O2. The molecule has 15 heavy (non-hydrogen) atoms. The summed E-state index contributed by atoms with van der Waals surface area (Å²) in [6.45, 7) is 7.12. The monoisotopic (exact) mass is 212 g/mol. The molecule has 1 saturated carbocycles. The number of nitrogens with one attached hydrogen (secondary N) is 1. The molecule has 0 aromatic carbocycles. The minimum atomic E-state index is -0.543. The lowest BCUT2D eigenvalue weighted by Gasteiger charge is -2.25. The fourth-order valence-corrected chi connectivity index (χ4v) is 1.96. The first-order valence-corrected chi connectivity index (χ1v) is 5.50. The number of carbonyl (C=O) groups excluding carboxylic acids is 1. The zero-order valence-electron chi connectivity index (χ0n) is 9.67. The van der Waals surface area contributed by atoms with Crippen LogP contribution >= 0.6 is 0 Å². The summed E-state index contributed by atoms with van der Waals surface area (Å²) in [4.78, 5) is 12.0. The first kappa shape index (κ1) is 10.9. The van der Waals surface area contributed by atoms with Gasteiger partial charge in [-0.25, -0.2) is 0 Å². The van der Waals surface area contributed by atoms with Crippen molar-refractivity contribution >= 4 is 5.91 Å². The van der Waals surface area contributed by atoms with E-state index in [1.54, 1.807) is 0 Å². The molecule has 1 aliphatic carbocycles. The molecule has 3 N–H and O–H groups in total. The van der Waals surface area contributed by atoms with E-state index in [4.69, 9.17) is 10.5 Å². The van der Waals surface area contributed by atoms with Gasteiger partial charge in [-0.2, -0.15) is 0 Å². The lowest BCUT2D eigenvalue weighted by Crippen LogP contribution is -2.50. The Balaban J connectivity index is 1.96. The van der Waals surface area contributed by atoms with Crippen LogP contribution in [0.1, 0.15) is 27.2 Å². The molecule has 0 spiro atoms. The average Bonchev–Trinajstić information content (AvgIpc) is 2.55. The van der Waals surface area contributed by atoms with Gasteiger partial charge in [0.1, 0.15) is 0 Å². The average molecular weight is 212 g/mol. The van der Waals surface area contributed by atoms with Gasteiger partial charge in [0.15, 0.2) is 0 Å². The molecule has 1 heterocycles. The van der Waals surface area contributed by atoms with E-state index in [1.807, 2.05) is 6.92 Å². The number of rotatable bonds is 2. The Labute approximate surface area is 90.5 Å². The van der Waals surface area contributed by atoms with Crippen LogP contribution in [-0.4, -0.2) is 31.2 Å².